The number of anilines is 1. The number of pyridine rings is 1. The van der Waals surface area contributed by atoms with Crippen molar-refractivity contribution in [2.75, 3.05) is 18.5 Å². The summed E-state index contributed by atoms with van der Waals surface area (Å²) in [5.41, 5.74) is 1.34. The molecule has 1 fully saturated rings. The van der Waals surface area contributed by atoms with Gasteiger partial charge in [0.05, 0.1) is 33.4 Å². The zero-order valence-corrected chi connectivity index (χ0v) is 18.6. The van der Waals surface area contributed by atoms with E-state index in [1.165, 1.54) is 12.1 Å². The Kier molecular flexibility index (Phi) is 7.53. The van der Waals surface area contributed by atoms with Gasteiger partial charge in [-0.2, -0.15) is 5.26 Å². The number of rotatable bonds is 7. The Labute approximate surface area is 184 Å². The fourth-order valence-corrected chi connectivity index (χ4v) is 5.30. The van der Waals surface area contributed by atoms with Gasteiger partial charge in [-0.25, -0.2) is 13.1 Å². The van der Waals surface area contributed by atoms with Crippen molar-refractivity contribution in [1.29, 1.82) is 5.26 Å². The minimum absolute atomic E-state index is 0.133. The molecule has 1 aliphatic rings. The number of sulfonamides is 1. The van der Waals surface area contributed by atoms with Crippen molar-refractivity contribution in [1.82, 2.24) is 9.71 Å². The fraction of sp³-hybridized carbons (Fsp3) is 0.409. The molecule has 1 saturated carbocycles. The van der Waals surface area contributed by atoms with E-state index in [0.717, 1.165) is 42.8 Å². The van der Waals surface area contributed by atoms with Crippen LogP contribution in [0.15, 0.2) is 53.7 Å². The first-order valence-corrected chi connectivity index (χ1v) is 12.0. The lowest BCUT2D eigenvalue weighted by atomic mass is 9.80. The minimum atomic E-state index is -3.59. The number of thiocarbonyl (C=S) groups is 1. The number of benzene rings is 1. The summed E-state index contributed by atoms with van der Waals surface area (Å²) in [6.07, 6.45) is 8.48. The van der Waals surface area contributed by atoms with E-state index < -0.39 is 10.0 Å². The van der Waals surface area contributed by atoms with Crippen LogP contribution in [0.1, 0.15) is 37.7 Å². The largest absolute Gasteiger partial charge is 0.338 e. The maximum Gasteiger partial charge on any atom is 0.240 e. The van der Waals surface area contributed by atoms with E-state index in [1.54, 1.807) is 18.3 Å². The quantitative estimate of drug-likeness (QED) is 0.655. The minimum Gasteiger partial charge on any atom is -0.338 e. The highest BCUT2D eigenvalue weighted by Crippen LogP contribution is 2.33. The average Bonchev–Trinajstić information content (AvgIpc) is 2.79. The van der Waals surface area contributed by atoms with Gasteiger partial charge in [0.2, 0.25) is 10.0 Å². The zero-order chi connectivity index (χ0) is 21.6. The van der Waals surface area contributed by atoms with Gasteiger partial charge in [0, 0.05) is 25.7 Å². The van der Waals surface area contributed by atoms with Crippen LogP contribution in [0.5, 0.6) is 0 Å². The molecule has 1 aromatic carbocycles. The zero-order valence-electron chi connectivity index (χ0n) is 17.0. The summed E-state index contributed by atoms with van der Waals surface area (Å²) in [5, 5.41) is 8.95. The highest BCUT2D eigenvalue weighted by atomic mass is 32.2. The fourth-order valence-electron chi connectivity index (χ4n) is 3.86. The summed E-state index contributed by atoms with van der Waals surface area (Å²) in [5.74, 6) is 0.854. The molecule has 6 nitrogen and oxygen atoms in total. The van der Waals surface area contributed by atoms with Crippen LogP contribution in [0.25, 0.3) is 0 Å². The summed E-state index contributed by atoms with van der Waals surface area (Å²) in [6, 6.07) is 12.0. The first kappa shape index (κ1) is 22.3. The van der Waals surface area contributed by atoms with Gasteiger partial charge < -0.3 is 4.90 Å². The SMILES string of the molecule is CN(C(=S)C1CCC(CCNS(=O)(=O)c2cccc(C#N)c2)CC1)c1cccnc1. The van der Waals surface area contributed by atoms with Gasteiger partial charge in [0.15, 0.2) is 0 Å². The monoisotopic (exact) mass is 442 g/mol. The second kappa shape index (κ2) is 10.1. The molecule has 8 heteroatoms. The maximum atomic E-state index is 12.4. The topological polar surface area (TPSA) is 86.1 Å². The molecule has 1 aromatic heterocycles. The van der Waals surface area contributed by atoms with Crippen molar-refractivity contribution in [3.05, 3.63) is 54.4 Å². The molecule has 0 aliphatic heterocycles. The average molecular weight is 443 g/mol. The van der Waals surface area contributed by atoms with Crippen molar-refractivity contribution in [2.24, 2.45) is 11.8 Å². The Hall–Kier alpha value is -2.34. The van der Waals surface area contributed by atoms with Gasteiger partial charge in [-0.15, -0.1) is 0 Å². The highest BCUT2D eigenvalue weighted by molar-refractivity contribution is 7.89. The highest BCUT2D eigenvalue weighted by Gasteiger charge is 2.26. The van der Waals surface area contributed by atoms with Crippen molar-refractivity contribution < 1.29 is 8.42 Å². The molecule has 1 heterocycles. The van der Waals surface area contributed by atoms with Crippen LogP contribution in [0.2, 0.25) is 0 Å². The third-order valence-electron chi connectivity index (χ3n) is 5.68. The van der Waals surface area contributed by atoms with Crippen molar-refractivity contribution in [2.45, 2.75) is 37.0 Å². The van der Waals surface area contributed by atoms with E-state index in [1.807, 2.05) is 36.3 Å². The molecule has 158 valence electrons. The van der Waals surface area contributed by atoms with Gasteiger partial charge in [0.1, 0.15) is 0 Å². The molecule has 0 atom stereocenters. The van der Waals surface area contributed by atoms with E-state index in [4.69, 9.17) is 17.5 Å². The Bertz CT molecular complexity index is 1010. The number of hydrogen-bond donors (Lipinski definition) is 1. The third kappa shape index (κ3) is 5.63. The Morgan fingerprint density at radius 3 is 2.70 bits per heavy atom. The Morgan fingerprint density at radius 2 is 2.03 bits per heavy atom. The van der Waals surface area contributed by atoms with Gasteiger partial charge in [-0.3, -0.25) is 4.98 Å². The predicted molar refractivity (Wildman–Crippen MR) is 122 cm³/mol. The van der Waals surface area contributed by atoms with E-state index >= 15 is 0 Å². The summed E-state index contributed by atoms with van der Waals surface area (Å²) in [6.45, 7) is 0.397. The van der Waals surface area contributed by atoms with Crippen LogP contribution in [0.3, 0.4) is 0 Å². The van der Waals surface area contributed by atoms with E-state index in [-0.39, 0.29) is 4.90 Å². The molecule has 1 N–H and O–H groups in total. The lowest BCUT2D eigenvalue weighted by Crippen LogP contribution is -2.34. The van der Waals surface area contributed by atoms with E-state index in [2.05, 4.69) is 9.71 Å². The molecule has 0 spiro atoms. The maximum absolute atomic E-state index is 12.4. The second-order valence-corrected chi connectivity index (χ2v) is 9.84. The summed E-state index contributed by atoms with van der Waals surface area (Å²) >= 11 is 5.71. The molecule has 1 aliphatic carbocycles. The molecular weight excluding hydrogens is 416 g/mol. The van der Waals surface area contributed by atoms with Crippen molar-refractivity contribution in [3.63, 3.8) is 0 Å². The van der Waals surface area contributed by atoms with Gasteiger partial charge in [-0.1, -0.05) is 18.3 Å². The van der Waals surface area contributed by atoms with Crippen molar-refractivity contribution in [3.8, 4) is 6.07 Å². The lowest BCUT2D eigenvalue weighted by molar-refractivity contribution is 0.308. The normalized spacial score (nSPS) is 19.1. The van der Waals surface area contributed by atoms with E-state index in [9.17, 15) is 8.42 Å². The number of nitrogens with zero attached hydrogens (tertiary/aromatic N) is 3. The lowest BCUT2D eigenvalue weighted by Gasteiger charge is -2.32. The third-order valence-corrected chi connectivity index (χ3v) is 7.74. The summed E-state index contributed by atoms with van der Waals surface area (Å²) in [4.78, 5) is 7.27. The first-order chi connectivity index (χ1) is 14.4. The molecule has 0 radical (unpaired) electrons. The molecular formula is C22H26N4O2S2. The number of hydrogen-bond acceptors (Lipinski definition) is 5. The van der Waals surface area contributed by atoms with Gasteiger partial charge >= 0.3 is 0 Å². The molecule has 2 aromatic rings. The Balaban J connectivity index is 1.46. The molecule has 0 bridgehead atoms. The van der Waals surface area contributed by atoms with Crippen LogP contribution in [0.4, 0.5) is 5.69 Å². The second-order valence-electron chi connectivity index (χ2n) is 7.65. The molecule has 30 heavy (non-hydrogen) atoms. The van der Waals surface area contributed by atoms with Crippen molar-refractivity contribution >= 4 is 32.9 Å². The number of nitriles is 1. The van der Waals surface area contributed by atoms with Crippen LogP contribution < -0.4 is 9.62 Å². The predicted octanol–water partition coefficient (Wildman–Crippen LogP) is 3.89. The van der Waals surface area contributed by atoms with Crippen LogP contribution in [-0.2, 0) is 10.0 Å². The molecule has 0 amide bonds. The van der Waals surface area contributed by atoms with E-state index in [0.29, 0.717) is 23.9 Å². The number of aromatic nitrogens is 1. The smallest absolute Gasteiger partial charge is 0.240 e. The van der Waals surface area contributed by atoms with Crippen LogP contribution >= 0.6 is 12.2 Å². The Morgan fingerprint density at radius 1 is 1.27 bits per heavy atom. The van der Waals surface area contributed by atoms with Gasteiger partial charge in [0.25, 0.3) is 0 Å². The number of nitrogens with one attached hydrogen (secondary N) is 1. The van der Waals surface area contributed by atoms with Crippen LogP contribution in [-0.4, -0.2) is 32.0 Å². The molecule has 0 unspecified atom stereocenters. The summed E-state index contributed by atoms with van der Waals surface area (Å²) < 4.78 is 27.6. The molecule has 0 saturated heterocycles. The standard InChI is InChI=1S/C22H26N4O2S2/c1-26(20-5-3-12-24-16-20)22(29)19-9-7-17(8-10-19)11-13-25-30(27,28)21-6-2-4-18(14-21)15-23/h2-6,12,14,16-17,19,25H,7-11,13H2,1H3. The first-order valence-electron chi connectivity index (χ1n) is 10.1. The van der Waals surface area contributed by atoms with Gasteiger partial charge in [-0.05, 0) is 68.4 Å². The molecule has 3 rings (SSSR count). The summed E-state index contributed by atoms with van der Waals surface area (Å²) in [7, 11) is -1.61. The van der Waals surface area contributed by atoms with Crippen LogP contribution in [0, 0.1) is 23.2 Å².